The fraction of sp³-hybridized carbons (Fsp3) is 0.500. The van der Waals surface area contributed by atoms with E-state index in [1.807, 2.05) is 23.2 Å². The van der Waals surface area contributed by atoms with E-state index in [9.17, 15) is 0 Å². The molecule has 0 aliphatic heterocycles. The Kier molecular flexibility index (Phi) is 6.30. The zero-order chi connectivity index (χ0) is 12.7. The van der Waals surface area contributed by atoms with Gasteiger partial charge in [-0.3, -0.25) is 0 Å². The van der Waals surface area contributed by atoms with Crippen LogP contribution in [0, 0.1) is 0 Å². The number of unbranched alkanes of at least 4 members (excludes halogenated alkanes) is 1. The molecule has 1 aliphatic rings. The van der Waals surface area contributed by atoms with Crippen LogP contribution in [-0.4, -0.2) is 18.6 Å². The van der Waals surface area contributed by atoms with Crippen LogP contribution in [-0.2, 0) is 0 Å². The summed E-state index contributed by atoms with van der Waals surface area (Å²) in [6.45, 7) is 2.97. The zero-order valence-corrected chi connectivity index (χ0v) is 11.7. The summed E-state index contributed by atoms with van der Waals surface area (Å²) >= 11 is 12.0. The van der Waals surface area contributed by atoms with Crippen LogP contribution in [0.4, 0.5) is 0 Å². The SMILES string of the molecule is CCCCN(N=NC)C1=CCC=C(Cl)C(Cl)=C1. The van der Waals surface area contributed by atoms with E-state index in [1.165, 1.54) is 0 Å². The maximum Gasteiger partial charge on any atom is 0.0610 e. The van der Waals surface area contributed by atoms with Gasteiger partial charge in [-0.05, 0) is 18.9 Å². The number of allylic oxidation sites excluding steroid dienone is 5. The van der Waals surface area contributed by atoms with Crippen molar-refractivity contribution < 1.29 is 0 Å². The Labute approximate surface area is 112 Å². The van der Waals surface area contributed by atoms with Gasteiger partial charge in [0.25, 0.3) is 0 Å². The molecule has 0 bridgehead atoms. The fourth-order valence-electron chi connectivity index (χ4n) is 1.46. The molecule has 0 aromatic rings. The summed E-state index contributed by atoms with van der Waals surface area (Å²) in [5, 5.41) is 10.9. The van der Waals surface area contributed by atoms with E-state index in [0.717, 1.165) is 31.5 Å². The fourth-order valence-corrected chi connectivity index (χ4v) is 1.79. The van der Waals surface area contributed by atoms with Gasteiger partial charge in [0, 0.05) is 6.54 Å². The normalized spacial score (nSPS) is 16.4. The summed E-state index contributed by atoms with van der Waals surface area (Å²) in [6.07, 6.45) is 8.68. The van der Waals surface area contributed by atoms with Crippen LogP contribution in [0.2, 0.25) is 0 Å². The highest BCUT2D eigenvalue weighted by Crippen LogP contribution is 2.26. The first kappa shape index (κ1) is 14.3. The van der Waals surface area contributed by atoms with Crippen molar-refractivity contribution in [1.29, 1.82) is 0 Å². The Bertz CT molecular complexity index is 370. The quantitative estimate of drug-likeness (QED) is 0.531. The van der Waals surface area contributed by atoms with Crippen molar-refractivity contribution in [3.63, 3.8) is 0 Å². The van der Waals surface area contributed by atoms with Gasteiger partial charge in [-0.25, -0.2) is 5.01 Å². The van der Waals surface area contributed by atoms with E-state index in [0.29, 0.717) is 10.1 Å². The Morgan fingerprint density at radius 3 is 2.71 bits per heavy atom. The van der Waals surface area contributed by atoms with Crippen LogP contribution in [0.25, 0.3) is 0 Å². The minimum Gasteiger partial charge on any atom is -0.248 e. The van der Waals surface area contributed by atoms with Gasteiger partial charge in [0.2, 0.25) is 0 Å². The second kappa shape index (κ2) is 7.51. The lowest BCUT2D eigenvalue weighted by Crippen LogP contribution is -2.16. The number of halogens is 2. The predicted molar refractivity (Wildman–Crippen MR) is 73.0 cm³/mol. The lowest BCUT2D eigenvalue weighted by molar-refractivity contribution is 0.341. The van der Waals surface area contributed by atoms with Crippen molar-refractivity contribution in [3.05, 3.63) is 34.0 Å². The molecule has 94 valence electrons. The van der Waals surface area contributed by atoms with Crippen molar-refractivity contribution >= 4 is 23.2 Å². The third kappa shape index (κ3) is 4.52. The molecule has 0 saturated heterocycles. The van der Waals surface area contributed by atoms with E-state index < -0.39 is 0 Å². The Balaban J connectivity index is 2.84. The van der Waals surface area contributed by atoms with Crippen molar-refractivity contribution in [2.75, 3.05) is 13.6 Å². The average molecular weight is 274 g/mol. The smallest absolute Gasteiger partial charge is 0.0610 e. The molecule has 0 heterocycles. The summed E-state index contributed by atoms with van der Waals surface area (Å²) < 4.78 is 0. The molecule has 0 aromatic heterocycles. The van der Waals surface area contributed by atoms with Gasteiger partial charge in [0.1, 0.15) is 0 Å². The topological polar surface area (TPSA) is 28.0 Å². The highest BCUT2D eigenvalue weighted by atomic mass is 35.5. The maximum absolute atomic E-state index is 6.07. The van der Waals surface area contributed by atoms with Gasteiger partial charge < -0.3 is 0 Å². The van der Waals surface area contributed by atoms with Crippen LogP contribution >= 0.6 is 23.2 Å². The van der Waals surface area contributed by atoms with Crippen molar-refractivity contribution in [2.24, 2.45) is 10.3 Å². The first-order valence-electron chi connectivity index (χ1n) is 5.69. The molecule has 0 fully saturated rings. The molecule has 1 rings (SSSR count). The lowest BCUT2D eigenvalue weighted by atomic mass is 10.3. The molecule has 0 aromatic carbocycles. The van der Waals surface area contributed by atoms with E-state index in [1.54, 1.807) is 7.05 Å². The third-order valence-electron chi connectivity index (χ3n) is 2.35. The average Bonchev–Trinajstić information content (AvgIpc) is 2.48. The standard InChI is InChI=1S/C12H17Cl2N3/c1-3-4-8-17(16-15-2)10-6-5-7-11(13)12(14)9-10/h6-7,9H,3-5,8H2,1-2H3. The minimum atomic E-state index is 0.545. The highest BCUT2D eigenvalue weighted by molar-refractivity contribution is 6.44. The van der Waals surface area contributed by atoms with Crippen LogP contribution < -0.4 is 0 Å². The molecule has 1 aliphatic carbocycles. The zero-order valence-electron chi connectivity index (χ0n) is 10.2. The summed E-state index contributed by atoms with van der Waals surface area (Å²) in [4.78, 5) is 0. The first-order valence-corrected chi connectivity index (χ1v) is 6.45. The van der Waals surface area contributed by atoms with Crippen molar-refractivity contribution in [1.82, 2.24) is 5.01 Å². The Morgan fingerprint density at radius 2 is 2.06 bits per heavy atom. The summed E-state index contributed by atoms with van der Waals surface area (Å²) in [6, 6.07) is 0. The van der Waals surface area contributed by atoms with E-state index in [2.05, 4.69) is 17.3 Å². The van der Waals surface area contributed by atoms with Gasteiger partial charge in [-0.2, -0.15) is 5.11 Å². The molecular formula is C12H17Cl2N3. The van der Waals surface area contributed by atoms with Crippen molar-refractivity contribution in [2.45, 2.75) is 26.2 Å². The van der Waals surface area contributed by atoms with Gasteiger partial charge in [0.05, 0.1) is 22.8 Å². The molecule has 5 heteroatoms. The number of hydrogen-bond donors (Lipinski definition) is 0. The second-order valence-corrected chi connectivity index (χ2v) is 4.49. The molecule has 3 nitrogen and oxygen atoms in total. The molecular weight excluding hydrogens is 257 g/mol. The molecule has 0 radical (unpaired) electrons. The van der Waals surface area contributed by atoms with Crippen LogP contribution in [0.15, 0.2) is 44.3 Å². The van der Waals surface area contributed by atoms with E-state index >= 15 is 0 Å². The van der Waals surface area contributed by atoms with Gasteiger partial charge in [-0.1, -0.05) is 53.9 Å². The minimum absolute atomic E-state index is 0.545. The molecule has 0 unspecified atom stereocenters. The molecule has 0 N–H and O–H groups in total. The van der Waals surface area contributed by atoms with Crippen LogP contribution in [0.3, 0.4) is 0 Å². The Hall–Kier alpha value is -0.800. The van der Waals surface area contributed by atoms with Crippen LogP contribution in [0.5, 0.6) is 0 Å². The lowest BCUT2D eigenvalue weighted by Gasteiger charge is -2.18. The van der Waals surface area contributed by atoms with Gasteiger partial charge in [-0.15, -0.1) is 0 Å². The third-order valence-corrected chi connectivity index (χ3v) is 3.11. The molecule has 0 amide bonds. The Morgan fingerprint density at radius 1 is 1.29 bits per heavy atom. The predicted octanol–water partition coefficient (Wildman–Crippen LogP) is 4.62. The second-order valence-electron chi connectivity index (χ2n) is 3.68. The van der Waals surface area contributed by atoms with E-state index in [-0.39, 0.29) is 0 Å². The van der Waals surface area contributed by atoms with Crippen LogP contribution in [0.1, 0.15) is 26.2 Å². The maximum atomic E-state index is 6.07. The largest absolute Gasteiger partial charge is 0.248 e. The van der Waals surface area contributed by atoms with E-state index in [4.69, 9.17) is 23.2 Å². The van der Waals surface area contributed by atoms with Gasteiger partial charge >= 0.3 is 0 Å². The molecule has 0 spiro atoms. The number of hydrogen-bond acceptors (Lipinski definition) is 2. The van der Waals surface area contributed by atoms with Gasteiger partial charge in [0.15, 0.2) is 0 Å². The molecule has 0 atom stereocenters. The summed E-state index contributed by atoms with van der Waals surface area (Å²) in [7, 11) is 1.66. The van der Waals surface area contributed by atoms with Crippen molar-refractivity contribution in [3.8, 4) is 0 Å². The molecule has 0 saturated carbocycles. The number of rotatable bonds is 5. The summed E-state index contributed by atoms with van der Waals surface area (Å²) in [5.41, 5.74) is 0.945. The molecule has 17 heavy (non-hydrogen) atoms. The highest BCUT2D eigenvalue weighted by Gasteiger charge is 2.10. The monoisotopic (exact) mass is 273 g/mol. The number of nitrogens with zero attached hydrogens (tertiary/aromatic N) is 3. The summed E-state index contributed by atoms with van der Waals surface area (Å²) in [5.74, 6) is 0. The first-order chi connectivity index (χ1) is 8.19.